The summed E-state index contributed by atoms with van der Waals surface area (Å²) in [6.07, 6.45) is 5.23. The summed E-state index contributed by atoms with van der Waals surface area (Å²) >= 11 is 0. The number of piperidine rings is 1. The first kappa shape index (κ1) is 18.1. The molecule has 27 heavy (non-hydrogen) atoms. The van der Waals surface area contributed by atoms with Crippen molar-refractivity contribution in [2.24, 2.45) is 5.92 Å². The lowest BCUT2D eigenvalue weighted by Gasteiger charge is -2.35. The molecule has 2 fully saturated rings. The molecular formula is C21H28N2O4. The molecule has 0 aliphatic carbocycles. The van der Waals surface area contributed by atoms with Crippen molar-refractivity contribution in [2.45, 2.75) is 44.6 Å². The standard InChI is InChI=1S/C21H28N2O4/c24-20(22-11-3-4-12-22)8-7-16-9-13-23(14-10-16)21(25)19-15-26-17-5-1-2-6-18(17)27-19/h1-2,5-6,16,19H,3-4,7-15H2. The van der Waals surface area contributed by atoms with Crippen LogP contribution in [0.2, 0.25) is 0 Å². The van der Waals surface area contributed by atoms with Crippen molar-refractivity contribution in [3.8, 4) is 11.5 Å². The zero-order valence-electron chi connectivity index (χ0n) is 15.8. The highest BCUT2D eigenvalue weighted by atomic mass is 16.6. The first-order valence-electron chi connectivity index (χ1n) is 10.2. The molecule has 0 aromatic heterocycles. The number of benzene rings is 1. The minimum Gasteiger partial charge on any atom is -0.485 e. The van der Waals surface area contributed by atoms with Crippen LogP contribution < -0.4 is 9.47 Å². The van der Waals surface area contributed by atoms with Crippen molar-refractivity contribution in [1.82, 2.24) is 9.80 Å². The van der Waals surface area contributed by atoms with E-state index in [1.54, 1.807) is 0 Å². The summed E-state index contributed by atoms with van der Waals surface area (Å²) < 4.78 is 11.5. The molecule has 0 bridgehead atoms. The number of carbonyl (C=O) groups excluding carboxylic acids is 2. The van der Waals surface area contributed by atoms with Gasteiger partial charge in [-0.2, -0.15) is 0 Å². The quantitative estimate of drug-likeness (QED) is 0.815. The number of hydrogen-bond acceptors (Lipinski definition) is 4. The number of fused-ring (bicyclic) bond motifs is 1. The molecule has 2 saturated heterocycles. The van der Waals surface area contributed by atoms with E-state index in [-0.39, 0.29) is 12.5 Å². The van der Waals surface area contributed by atoms with Crippen LogP contribution in [0.15, 0.2) is 24.3 Å². The molecule has 1 aromatic rings. The maximum atomic E-state index is 12.8. The third kappa shape index (κ3) is 4.20. The highest BCUT2D eigenvalue weighted by Gasteiger charge is 2.33. The maximum absolute atomic E-state index is 12.8. The summed E-state index contributed by atoms with van der Waals surface area (Å²) in [4.78, 5) is 28.9. The lowest BCUT2D eigenvalue weighted by atomic mass is 9.91. The van der Waals surface area contributed by atoms with E-state index in [1.165, 1.54) is 0 Å². The predicted molar refractivity (Wildman–Crippen MR) is 101 cm³/mol. The topological polar surface area (TPSA) is 59.1 Å². The van der Waals surface area contributed by atoms with Crippen LogP contribution in [0.3, 0.4) is 0 Å². The Morgan fingerprint density at radius 3 is 2.41 bits per heavy atom. The number of carbonyl (C=O) groups is 2. The Morgan fingerprint density at radius 2 is 1.67 bits per heavy atom. The second-order valence-corrected chi connectivity index (χ2v) is 7.76. The zero-order valence-corrected chi connectivity index (χ0v) is 15.8. The first-order valence-corrected chi connectivity index (χ1v) is 10.2. The molecule has 6 heteroatoms. The Hall–Kier alpha value is -2.24. The van der Waals surface area contributed by atoms with E-state index in [0.717, 1.165) is 58.3 Å². The molecule has 0 N–H and O–H groups in total. The van der Waals surface area contributed by atoms with Crippen LogP contribution in [0.5, 0.6) is 11.5 Å². The van der Waals surface area contributed by atoms with Crippen molar-refractivity contribution in [3.63, 3.8) is 0 Å². The molecule has 3 aliphatic rings. The largest absolute Gasteiger partial charge is 0.485 e. The Kier molecular flexibility index (Phi) is 5.50. The minimum absolute atomic E-state index is 0.0103. The van der Waals surface area contributed by atoms with E-state index in [0.29, 0.717) is 29.7 Å². The van der Waals surface area contributed by atoms with Gasteiger partial charge in [-0.3, -0.25) is 9.59 Å². The highest BCUT2D eigenvalue weighted by Crippen LogP contribution is 2.32. The van der Waals surface area contributed by atoms with Gasteiger partial charge in [0.05, 0.1) is 0 Å². The van der Waals surface area contributed by atoms with Gasteiger partial charge in [0.1, 0.15) is 6.61 Å². The van der Waals surface area contributed by atoms with Gasteiger partial charge < -0.3 is 19.3 Å². The van der Waals surface area contributed by atoms with E-state index in [4.69, 9.17) is 9.47 Å². The second-order valence-electron chi connectivity index (χ2n) is 7.76. The molecule has 6 nitrogen and oxygen atoms in total. The highest BCUT2D eigenvalue weighted by molar-refractivity contribution is 5.82. The summed E-state index contributed by atoms with van der Waals surface area (Å²) in [5.41, 5.74) is 0. The number of ether oxygens (including phenoxy) is 2. The van der Waals surface area contributed by atoms with Crippen LogP contribution in [0.4, 0.5) is 0 Å². The van der Waals surface area contributed by atoms with Crippen LogP contribution >= 0.6 is 0 Å². The van der Waals surface area contributed by atoms with Gasteiger partial charge in [-0.25, -0.2) is 0 Å². The van der Waals surface area contributed by atoms with Gasteiger partial charge in [-0.05, 0) is 50.2 Å². The third-order valence-corrected chi connectivity index (χ3v) is 5.94. The van der Waals surface area contributed by atoms with Crippen LogP contribution in [0.1, 0.15) is 38.5 Å². The van der Waals surface area contributed by atoms with Crippen molar-refractivity contribution in [3.05, 3.63) is 24.3 Å². The molecule has 0 saturated carbocycles. The van der Waals surface area contributed by atoms with Gasteiger partial charge in [-0.15, -0.1) is 0 Å². The average molecular weight is 372 g/mol. The number of hydrogen-bond donors (Lipinski definition) is 0. The molecule has 2 amide bonds. The van der Waals surface area contributed by atoms with Crippen LogP contribution in [0.25, 0.3) is 0 Å². The van der Waals surface area contributed by atoms with Crippen molar-refractivity contribution < 1.29 is 19.1 Å². The Balaban J connectivity index is 1.22. The van der Waals surface area contributed by atoms with E-state index < -0.39 is 6.10 Å². The molecule has 0 radical (unpaired) electrons. The minimum atomic E-state index is -0.562. The predicted octanol–water partition coefficient (Wildman–Crippen LogP) is 2.47. The van der Waals surface area contributed by atoms with Gasteiger partial charge in [0, 0.05) is 32.6 Å². The number of amides is 2. The van der Waals surface area contributed by atoms with Gasteiger partial charge in [-0.1, -0.05) is 12.1 Å². The van der Waals surface area contributed by atoms with Gasteiger partial charge in [0.2, 0.25) is 12.0 Å². The number of likely N-dealkylation sites (tertiary alicyclic amines) is 2. The molecule has 1 unspecified atom stereocenters. The summed E-state index contributed by atoms with van der Waals surface area (Å²) in [5.74, 6) is 2.18. The molecule has 4 rings (SSSR count). The third-order valence-electron chi connectivity index (χ3n) is 5.94. The fourth-order valence-electron chi connectivity index (χ4n) is 4.24. The van der Waals surface area contributed by atoms with Crippen LogP contribution in [-0.2, 0) is 9.59 Å². The lowest BCUT2D eigenvalue weighted by molar-refractivity contribution is -0.142. The van der Waals surface area contributed by atoms with Crippen LogP contribution in [0, 0.1) is 5.92 Å². The van der Waals surface area contributed by atoms with Crippen molar-refractivity contribution in [1.29, 1.82) is 0 Å². The molecular weight excluding hydrogens is 344 g/mol. The van der Waals surface area contributed by atoms with E-state index in [2.05, 4.69) is 0 Å². The molecule has 146 valence electrons. The molecule has 0 spiro atoms. The first-order chi connectivity index (χ1) is 13.2. The van der Waals surface area contributed by atoms with Gasteiger partial charge in [0.25, 0.3) is 5.91 Å². The van der Waals surface area contributed by atoms with Gasteiger partial charge >= 0.3 is 0 Å². The Labute approximate surface area is 160 Å². The van der Waals surface area contributed by atoms with E-state index in [1.807, 2.05) is 34.1 Å². The van der Waals surface area contributed by atoms with Crippen molar-refractivity contribution >= 4 is 11.8 Å². The SMILES string of the molecule is O=C(CCC1CCN(C(=O)C2COc3ccccc3O2)CC1)N1CCCC1. The van der Waals surface area contributed by atoms with Crippen molar-refractivity contribution in [2.75, 3.05) is 32.8 Å². The average Bonchev–Trinajstić information content (AvgIpc) is 3.26. The summed E-state index contributed by atoms with van der Waals surface area (Å²) in [5, 5.41) is 0. The Bertz CT molecular complexity index is 679. The monoisotopic (exact) mass is 372 g/mol. The summed E-state index contributed by atoms with van der Waals surface area (Å²) in [6, 6.07) is 7.46. The molecule has 1 atom stereocenters. The lowest BCUT2D eigenvalue weighted by Crippen LogP contribution is -2.49. The number of para-hydroxylation sites is 2. The number of nitrogens with zero attached hydrogens (tertiary/aromatic N) is 2. The maximum Gasteiger partial charge on any atom is 0.267 e. The fraction of sp³-hybridized carbons (Fsp3) is 0.619. The van der Waals surface area contributed by atoms with Gasteiger partial charge in [0.15, 0.2) is 11.5 Å². The summed E-state index contributed by atoms with van der Waals surface area (Å²) in [6.45, 7) is 3.60. The smallest absolute Gasteiger partial charge is 0.267 e. The number of rotatable bonds is 4. The van der Waals surface area contributed by atoms with E-state index >= 15 is 0 Å². The fourth-order valence-corrected chi connectivity index (χ4v) is 4.24. The normalized spacial score (nSPS) is 22.7. The van der Waals surface area contributed by atoms with E-state index in [9.17, 15) is 9.59 Å². The summed E-state index contributed by atoms with van der Waals surface area (Å²) in [7, 11) is 0. The molecule has 3 heterocycles. The Morgan fingerprint density at radius 1 is 0.963 bits per heavy atom. The van der Waals surface area contributed by atoms with Crippen LogP contribution in [-0.4, -0.2) is 60.5 Å². The molecule has 1 aromatic carbocycles. The zero-order chi connectivity index (χ0) is 18.6. The second kappa shape index (κ2) is 8.19. The molecule has 3 aliphatic heterocycles.